The summed E-state index contributed by atoms with van der Waals surface area (Å²) in [6, 6.07) is 8.83. The smallest absolute Gasteiger partial charge is 0.256 e. The second-order valence-corrected chi connectivity index (χ2v) is 11.5. The van der Waals surface area contributed by atoms with Crippen LogP contribution in [-0.2, 0) is 22.5 Å². The molecule has 0 saturated carbocycles. The van der Waals surface area contributed by atoms with Gasteiger partial charge < -0.3 is 19.3 Å². The van der Waals surface area contributed by atoms with Crippen LogP contribution in [0.25, 0.3) is 10.9 Å². The molecule has 3 aromatic rings. The van der Waals surface area contributed by atoms with Crippen LogP contribution >= 0.6 is 0 Å². The van der Waals surface area contributed by atoms with Crippen molar-refractivity contribution in [3.63, 3.8) is 0 Å². The number of fused-ring (bicyclic) bond motifs is 4. The summed E-state index contributed by atoms with van der Waals surface area (Å²) in [5.41, 5.74) is 2.94. The maximum Gasteiger partial charge on any atom is 0.256 e. The molecule has 2 aliphatic heterocycles. The molecule has 0 bridgehead atoms. The number of hydrogen-bond donors (Lipinski definition) is 1. The van der Waals surface area contributed by atoms with Crippen LogP contribution in [-0.4, -0.2) is 77.8 Å². The van der Waals surface area contributed by atoms with Crippen molar-refractivity contribution >= 4 is 26.8 Å². The summed E-state index contributed by atoms with van der Waals surface area (Å²) in [6.07, 6.45) is 5.55. The van der Waals surface area contributed by atoms with Gasteiger partial charge >= 0.3 is 0 Å². The zero-order chi connectivity index (χ0) is 25.0. The van der Waals surface area contributed by atoms with E-state index in [1.807, 2.05) is 29.8 Å². The molecule has 1 N–H and O–H groups in total. The molecule has 1 saturated heterocycles. The summed E-state index contributed by atoms with van der Waals surface area (Å²) in [5, 5.41) is 11.6. The normalized spacial score (nSPS) is 20.2. The Hall–Kier alpha value is -2.95. The number of sulfonamides is 1. The number of amides is 1. The lowest BCUT2D eigenvalue weighted by atomic mass is 9.68. The summed E-state index contributed by atoms with van der Waals surface area (Å²) >= 11 is 0. The molecule has 0 unspecified atom stereocenters. The number of rotatable bonds is 4. The second-order valence-electron chi connectivity index (χ2n) is 9.52. The van der Waals surface area contributed by atoms with Crippen LogP contribution in [0, 0.1) is 0 Å². The molecule has 2 aliphatic rings. The molecule has 9 nitrogen and oxygen atoms in total. The first-order valence-electron chi connectivity index (χ1n) is 11.6. The highest BCUT2D eigenvalue weighted by molar-refractivity contribution is 7.88. The van der Waals surface area contributed by atoms with Crippen LogP contribution in [0.5, 0.6) is 5.75 Å². The van der Waals surface area contributed by atoms with Crippen molar-refractivity contribution in [1.82, 2.24) is 18.8 Å². The van der Waals surface area contributed by atoms with Gasteiger partial charge in [0.1, 0.15) is 5.75 Å². The summed E-state index contributed by atoms with van der Waals surface area (Å²) < 4.78 is 33.5. The number of methoxy groups -OCH3 is 1. The lowest BCUT2D eigenvalue weighted by Gasteiger charge is -2.50. The fourth-order valence-electron chi connectivity index (χ4n) is 5.88. The molecule has 1 spiro atoms. The van der Waals surface area contributed by atoms with E-state index in [9.17, 15) is 18.3 Å². The highest BCUT2D eigenvalue weighted by Gasteiger charge is 2.50. The van der Waals surface area contributed by atoms with E-state index in [-0.39, 0.29) is 12.5 Å². The molecule has 0 radical (unpaired) electrons. The first-order valence-corrected chi connectivity index (χ1v) is 13.5. The SMILES string of the molecule is COc1ccc2c3c(n(C)c2c1)[C@@H](CO)N(C(=O)c1cccnc1)CC31CCN(S(C)(=O)=O)CC1. The Kier molecular flexibility index (Phi) is 5.85. The molecule has 4 heterocycles. The van der Waals surface area contributed by atoms with Crippen molar-refractivity contribution in [3.8, 4) is 5.75 Å². The number of carbonyl (C=O) groups is 1. The first-order chi connectivity index (χ1) is 16.7. The van der Waals surface area contributed by atoms with Gasteiger partial charge in [-0.3, -0.25) is 9.78 Å². The van der Waals surface area contributed by atoms with E-state index >= 15 is 0 Å². The molecule has 1 aromatic carbocycles. The van der Waals surface area contributed by atoms with Gasteiger partial charge in [0, 0.05) is 61.6 Å². The van der Waals surface area contributed by atoms with Crippen LogP contribution in [0.4, 0.5) is 0 Å². The summed E-state index contributed by atoms with van der Waals surface area (Å²) in [5.74, 6) is 0.524. The highest BCUT2D eigenvalue weighted by atomic mass is 32.2. The van der Waals surface area contributed by atoms with Gasteiger partial charge in [-0.15, -0.1) is 0 Å². The van der Waals surface area contributed by atoms with Crippen LogP contribution < -0.4 is 4.74 Å². The number of benzene rings is 1. The van der Waals surface area contributed by atoms with Crippen molar-refractivity contribution in [1.29, 1.82) is 0 Å². The standard InChI is InChI=1S/C25H30N4O5S/c1-27-20-13-18(34-2)6-7-19(20)22-23(27)21(15-30)29(24(31)17-5-4-10-26-14-17)16-25(22)8-11-28(12-9-25)35(3,32)33/h4-7,10,13-14,21,30H,8-9,11-12,15-16H2,1-3H3/t21-/m1/s1. The number of piperidine rings is 1. The average molecular weight is 499 g/mol. The number of carbonyl (C=O) groups excluding carboxylic acids is 1. The Morgan fingerprint density at radius 2 is 2.00 bits per heavy atom. The molecule has 1 fully saturated rings. The Morgan fingerprint density at radius 3 is 2.60 bits per heavy atom. The van der Waals surface area contributed by atoms with Crippen molar-refractivity contribution in [2.75, 3.05) is 39.6 Å². The maximum atomic E-state index is 13.7. The molecule has 35 heavy (non-hydrogen) atoms. The lowest BCUT2D eigenvalue weighted by molar-refractivity contribution is 0.0378. The predicted molar refractivity (Wildman–Crippen MR) is 132 cm³/mol. The predicted octanol–water partition coefficient (Wildman–Crippen LogP) is 2.06. The molecule has 186 valence electrons. The van der Waals surface area contributed by atoms with Crippen molar-refractivity contribution in [3.05, 3.63) is 59.5 Å². The highest BCUT2D eigenvalue weighted by Crippen LogP contribution is 2.50. The number of aliphatic hydroxyl groups is 1. The van der Waals surface area contributed by atoms with Gasteiger partial charge in [0.2, 0.25) is 10.0 Å². The van der Waals surface area contributed by atoms with Crippen LogP contribution in [0.15, 0.2) is 42.7 Å². The molecule has 0 aliphatic carbocycles. The molecule has 1 atom stereocenters. The quantitative estimate of drug-likeness (QED) is 0.591. The number of ether oxygens (including phenoxy) is 1. The van der Waals surface area contributed by atoms with Gasteiger partial charge in [-0.05, 0) is 42.7 Å². The van der Waals surface area contributed by atoms with Crippen molar-refractivity contribution < 1.29 is 23.1 Å². The van der Waals surface area contributed by atoms with E-state index in [4.69, 9.17) is 4.74 Å². The largest absolute Gasteiger partial charge is 0.497 e. The average Bonchev–Trinajstić information content (AvgIpc) is 3.16. The van der Waals surface area contributed by atoms with Crippen LogP contribution in [0.1, 0.15) is 40.5 Å². The first kappa shape index (κ1) is 23.8. The number of hydrogen-bond acceptors (Lipinski definition) is 6. The Bertz CT molecular complexity index is 1380. The van der Waals surface area contributed by atoms with Gasteiger partial charge in [-0.25, -0.2) is 12.7 Å². The molecular weight excluding hydrogens is 468 g/mol. The third-order valence-corrected chi connectivity index (χ3v) is 8.94. The molecule has 2 aromatic heterocycles. The molecule has 1 amide bonds. The molecular formula is C25H30N4O5S. The third kappa shape index (κ3) is 3.80. The zero-order valence-corrected chi connectivity index (χ0v) is 21.0. The van der Waals surface area contributed by atoms with E-state index in [1.165, 1.54) is 16.8 Å². The number of nitrogens with zero attached hydrogens (tertiary/aromatic N) is 4. The van der Waals surface area contributed by atoms with E-state index in [0.717, 1.165) is 27.9 Å². The Balaban J connectivity index is 1.70. The van der Waals surface area contributed by atoms with Crippen LogP contribution in [0.3, 0.4) is 0 Å². The van der Waals surface area contributed by atoms with E-state index in [0.29, 0.717) is 38.0 Å². The van der Waals surface area contributed by atoms with Gasteiger partial charge in [0.15, 0.2) is 0 Å². The number of pyridine rings is 1. The minimum atomic E-state index is -3.31. The Morgan fingerprint density at radius 1 is 1.26 bits per heavy atom. The van der Waals surface area contributed by atoms with Gasteiger partial charge in [0.05, 0.1) is 37.1 Å². The summed E-state index contributed by atoms with van der Waals surface area (Å²) in [6.45, 7) is 0.917. The van der Waals surface area contributed by atoms with Gasteiger partial charge in [-0.1, -0.05) is 0 Å². The molecule has 5 rings (SSSR count). The fourth-order valence-corrected chi connectivity index (χ4v) is 6.73. The number of aryl methyl sites for hydroxylation is 1. The zero-order valence-electron chi connectivity index (χ0n) is 20.1. The monoisotopic (exact) mass is 498 g/mol. The Labute approximate surface area is 205 Å². The van der Waals surface area contributed by atoms with Crippen molar-refractivity contribution in [2.24, 2.45) is 7.05 Å². The lowest BCUT2D eigenvalue weighted by Crippen LogP contribution is -2.56. The minimum absolute atomic E-state index is 0.199. The maximum absolute atomic E-state index is 13.7. The van der Waals surface area contributed by atoms with Gasteiger partial charge in [-0.2, -0.15) is 0 Å². The fraction of sp³-hybridized carbons (Fsp3) is 0.440. The molecule has 10 heteroatoms. The van der Waals surface area contributed by atoms with Gasteiger partial charge in [0.25, 0.3) is 5.91 Å². The number of aromatic nitrogens is 2. The third-order valence-electron chi connectivity index (χ3n) is 7.64. The summed E-state index contributed by atoms with van der Waals surface area (Å²) in [4.78, 5) is 19.5. The second kappa shape index (κ2) is 8.61. The van der Waals surface area contributed by atoms with Crippen molar-refractivity contribution in [2.45, 2.75) is 24.3 Å². The van der Waals surface area contributed by atoms with E-state index in [2.05, 4.69) is 4.98 Å². The van der Waals surface area contributed by atoms with E-state index in [1.54, 1.807) is 30.3 Å². The number of aliphatic hydroxyl groups excluding tert-OH is 1. The summed E-state index contributed by atoms with van der Waals surface area (Å²) in [7, 11) is 0.257. The minimum Gasteiger partial charge on any atom is -0.497 e. The topological polar surface area (TPSA) is 105 Å². The van der Waals surface area contributed by atoms with E-state index < -0.39 is 21.5 Å². The van der Waals surface area contributed by atoms with Crippen LogP contribution in [0.2, 0.25) is 0 Å².